The molecule has 1 amide bonds. The lowest BCUT2D eigenvalue weighted by Gasteiger charge is -2.13. The maximum absolute atomic E-state index is 12.5. The minimum Gasteiger partial charge on any atom is -0.481 e. The van der Waals surface area contributed by atoms with E-state index in [1.54, 1.807) is 0 Å². The zero-order chi connectivity index (χ0) is 19.4. The van der Waals surface area contributed by atoms with E-state index in [1.165, 1.54) is 16.7 Å². The van der Waals surface area contributed by atoms with Gasteiger partial charge in [0, 0.05) is 18.0 Å². The maximum atomic E-state index is 12.5. The molecule has 138 valence electrons. The van der Waals surface area contributed by atoms with Crippen LogP contribution >= 0.6 is 35.6 Å². The summed E-state index contributed by atoms with van der Waals surface area (Å²) in [6.07, 6.45) is 2.20. The molecule has 7 heteroatoms. The van der Waals surface area contributed by atoms with Gasteiger partial charge in [0.1, 0.15) is 4.32 Å². The van der Waals surface area contributed by atoms with Gasteiger partial charge >= 0.3 is 5.97 Å². The third-order valence-corrected chi connectivity index (χ3v) is 5.66. The fourth-order valence-corrected chi connectivity index (χ4v) is 4.08. The Morgan fingerprint density at radius 2 is 1.70 bits per heavy atom. The van der Waals surface area contributed by atoms with Gasteiger partial charge < -0.3 is 5.11 Å². The molecule has 0 spiro atoms. The van der Waals surface area contributed by atoms with Crippen LogP contribution in [0.5, 0.6) is 0 Å². The van der Waals surface area contributed by atoms with E-state index in [4.69, 9.17) is 28.9 Å². The second-order valence-corrected chi connectivity index (χ2v) is 8.07. The van der Waals surface area contributed by atoms with E-state index in [-0.39, 0.29) is 12.3 Å². The number of carbonyl (C=O) groups is 2. The lowest BCUT2D eigenvalue weighted by atomic mass is 10.0. The molecule has 1 saturated heterocycles. The van der Waals surface area contributed by atoms with Gasteiger partial charge in [0.2, 0.25) is 0 Å². The lowest BCUT2D eigenvalue weighted by Crippen LogP contribution is -2.29. The van der Waals surface area contributed by atoms with Crippen molar-refractivity contribution in [1.29, 1.82) is 0 Å². The van der Waals surface area contributed by atoms with E-state index in [0.29, 0.717) is 27.2 Å². The molecule has 2 aromatic carbocycles. The number of hydrogen-bond donors (Lipinski definition) is 1. The molecule has 1 aliphatic rings. The molecule has 0 atom stereocenters. The first-order chi connectivity index (χ1) is 12.9. The lowest BCUT2D eigenvalue weighted by molar-refractivity contribution is -0.137. The molecule has 0 aliphatic carbocycles. The van der Waals surface area contributed by atoms with Crippen LogP contribution in [0.2, 0.25) is 5.02 Å². The first-order valence-electron chi connectivity index (χ1n) is 8.27. The highest BCUT2D eigenvalue weighted by atomic mass is 35.5. The van der Waals surface area contributed by atoms with Gasteiger partial charge in [-0.05, 0) is 41.3 Å². The van der Waals surface area contributed by atoms with E-state index < -0.39 is 5.97 Å². The molecule has 27 heavy (non-hydrogen) atoms. The van der Waals surface area contributed by atoms with Crippen molar-refractivity contribution >= 4 is 57.9 Å². The topological polar surface area (TPSA) is 57.6 Å². The predicted molar refractivity (Wildman–Crippen MR) is 114 cm³/mol. The average Bonchev–Trinajstić information content (AvgIpc) is 2.90. The van der Waals surface area contributed by atoms with Crippen molar-refractivity contribution in [2.24, 2.45) is 0 Å². The van der Waals surface area contributed by atoms with Gasteiger partial charge in [-0.2, -0.15) is 0 Å². The Labute approximate surface area is 171 Å². The summed E-state index contributed by atoms with van der Waals surface area (Å²) in [5.41, 5.74) is 3.03. The monoisotopic (exact) mass is 417 g/mol. The number of carboxylic acids is 1. The van der Waals surface area contributed by atoms with Crippen LogP contribution in [0.15, 0.2) is 53.4 Å². The van der Waals surface area contributed by atoms with Crippen LogP contribution in [0.1, 0.15) is 18.4 Å². The number of thiocarbonyl (C=S) groups is 1. The van der Waals surface area contributed by atoms with E-state index in [0.717, 1.165) is 16.7 Å². The molecule has 1 fully saturated rings. The first-order valence-corrected chi connectivity index (χ1v) is 9.87. The average molecular weight is 418 g/mol. The molecule has 3 rings (SSSR count). The molecule has 0 bridgehead atoms. The van der Waals surface area contributed by atoms with Gasteiger partial charge in [-0.1, -0.05) is 72.0 Å². The number of hydrogen-bond acceptors (Lipinski definition) is 4. The van der Waals surface area contributed by atoms with Crippen molar-refractivity contribution in [3.63, 3.8) is 0 Å². The van der Waals surface area contributed by atoms with Gasteiger partial charge in [0.15, 0.2) is 0 Å². The van der Waals surface area contributed by atoms with Crippen LogP contribution in [0, 0.1) is 0 Å². The normalized spacial score (nSPS) is 15.6. The minimum absolute atomic E-state index is 0.0161. The quantitative estimate of drug-likeness (QED) is 0.525. The molecule has 0 saturated carbocycles. The third-order valence-electron chi connectivity index (χ3n) is 4.03. The van der Waals surface area contributed by atoms with E-state index in [2.05, 4.69) is 0 Å². The Morgan fingerprint density at radius 3 is 2.30 bits per heavy atom. The number of amides is 1. The molecule has 4 nitrogen and oxygen atoms in total. The second-order valence-electron chi connectivity index (χ2n) is 5.96. The minimum atomic E-state index is -0.878. The van der Waals surface area contributed by atoms with Crippen molar-refractivity contribution in [1.82, 2.24) is 4.90 Å². The van der Waals surface area contributed by atoms with Gasteiger partial charge in [-0.3, -0.25) is 14.5 Å². The molecule has 0 aromatic heterocycles. The Morgan fingerprint density at radius 1 is 1.11 bits per heavy atom. The molecular weight excluding hydrogens is 402 g/mol. The number of nitrogens with zero attached hydrogens (tertiary/aromatic N) is 1. The van der Waals surface area contributed by atoms with Crippen molar-refractivity contribution in [3.05, 3.63) is 64.0 Å². The number of carboxylic acid groups (broad SMARTS) is 1. The fraction of sp³-hybridized carbons (Fsp3) is 0.150. The van der Waals surface area contributed by atoms with Crippen molar-refractivity contribution in [2.75, 3.05) is 6.54 Å². The second kappa shape index (κ2) is 8.69. The summed E-state index contributed by atoms with van der Waals surface area (Å²) in [5, 5.41) is 9.42. The molecule has 0 radical (unpaired) electrons. The molecular formula is C20H16ClNO3S2. The summed E-state index contributed by atoms with van der Waals surface area (Å²) >= 11 is 12.4. The first kappa shape index (κ1) is 19.6. The van der Waals surface area contributed by atoms with Crippen LogP contribution in [0.25, 0.3) is 17.2 Å². The molecule has 2 aromatic rings. The standard InChI is InChI=1S/C20H16ClNO3S2/c21-16-9-7-15(8-10-16)14-5-3-13(4-6-14)12-17-19(25)22(20(26)27-17)11-1-2-18(23)24/h3-10,12H,1-2,11H2,(H,23,24). The van der Waals surface area contributed by atoms with Crippen LogP contribution < -0.4 is 0 Å². The summed E-state index contributed by atoms with van der Waals surface area (Å²) < 4.78 is 0.467. The summed E-state index contributed by atoms with van der Waals surface area (Å²) in [6.45, 7) is 0.323. The number of carbonyl (C=O) groups excluding carboxylic acids is 1. The molecule has 1 N–H and O–H groups in total. The van der Waals surface area contributed by atoms with Gasteiger partial charge in [-0.25, -0.2) is 0 Å². The zero-order valence-corrected chi connectivity index (χ0v) is 16.6. The number of thioether (sulfide) groups is 1. The molecule has 1 heterocycles. The highest BCUT2D eigenvalue weighted by molar-refractivity contribution is 8.26. The highest BCUT2D eigenvalue weighted by Crippen LogP contribution is 2.33. The van der Waals surface area contributed by atoms with Gasteiger partial charge in [0.05, 0.1) is 4.91 Å². The van der Waals surface area contributed by atoms with Crippen LogP contribution in [-0.2, 0) is 9.59 Å². The predicted octanol–water partition coefficient (Wildman–Crippen LogP) is 5.07. The molecule has 0 unspecified atom stereocenters. The Kier molecular flexibility index (Phi) is 6.31. The van der Waals surface area contributed by atoms with Gasteiger partial charge in [0.25, 0.3) is 5.91 Å². The van der Waals surface area contributed by atoms with E-state index in [1.807, 2.05) is 54.6 Å². The fourth-order valence-electron chi connectivity index (χ4n) is 2.65. The third kappa shape index (κ3) is 4.97. The largest absolute Gasteiger partial charge is 0.481 e. The van der Waals surface area contributed by atoms with Crippen molar-refractivity contribution < 1.29 is 14.7 Å². The summed E-state index contributed by atoms with van der Waals surface area (Å²) in [4.78, 5) is 25.2. The Hall–Kier alpha value is -2.15. The van der Waals surface area contributed by atoms with Crippen LogP contribution in [0.4, 0.5) is 0 Å². The highest BCUT2D eigenvalue weighted by Gasteiger charge is 2.31. The van der Waals surface area contributed by atoms with Crippen LogP contribution in [0.3, 0.4) is 0 Å². The zero-order valence-electron chi connectivity index (χ0n) is 14.2. The van der Waals surface area contributed by atoms with Crippen molar-refractivity contribution in [3.8, 4) is 11.1 Å². The summed E-state index contributed by atoms with van der Waals surface area (Å²) in [5.74, 6) is -1.05. The number of aliphatic carboxylic acids is 1. The number of halogens is 1. The SMILES string of the molecule is O=C(O)CCCN1C(=O)C(=Cc2ccc(-c3ccc(Cl)cc3)cc2)SC1=S. The Balaban J connectivity index is 1.71. The van der Waals surface area contributed by atoms with Crippen LogP contribution in [-0.4, -0.2) is 32.7 Å². The number of benzene rings is 2. The van der Waals surface area contributed by atoms with E-state index >= 15 is 0 Å². The van der Waals surface area contributed by atoms with Gasteiger partial charge in [-0.15, -0.1) is 0 Å². The molecule has 1 aliphatic heterocycles. The summed E-state index contributed by atoms with van der Waals surface area (Å²) in [6, 6.07) is 15.5. The smallest absolute Gasteiger partial charge is 0.303 e. The van der Waals surface area contributed by atoms with Crippen molar-refractivity contribution in [2.45, 2.75) is 12.8 Å². The summed E-state index contributed by atoms with van der Waals surface area (Å²) in [7, 11) is 0. The Bertz CT molecular complexity index is 908. The van der Waals surface area contributed by atoms with E-state index in [9.17, 15) is 9.59 Å². The maximum Gasteiger partial charge on any atom is 0.303 e. The number of rotatable bonds is 6.